The van der Waals surface area contributed by atoms with Crippen molar-refractivity contribution in [1.29, 1.82) is 0 Å². The molecule has 19 heavy (non-hydrogen) atoms. The molecule has 1 unspecified atom stereocenters. The van der Waals surface area contributed by atoms with Crippen LogP contribution < -0.4 is 5.32 Å². The summed E-state index contributed by atoms with van der Waals surface area (Å²) < 4.78 is 0. The summed E-state index contributed by atoms with van der Waals surface area (Å²) in [5.74, 6) is 0.339. The molecule has 6 heteroatoms. The van der Waals surface area contributed by atoms with Crippen LogP contribution in [0.5, 0.6) is 0 Å². The zero-order chi connectivity index (χ0) is 13.8. The van der Waals surface area contributed by atoms with E-state index in [1.165, 1.54) is 5.56 Å². The van der Waals surface area contributed by atoms with Gasteiger partial charge in [0.2, 0.25) is 0 Å². The lowest BCUT2D eigenvalue weighted by Crippen LogP contribution is -2.53. The highest BCUT2D eigenvalue weighted by atomic mass is 35.5. The van der Waals surface area contributed by atoms with E-state index in [9.17, 15) is 4.79 Å². The van der Waals surface area contributed by atoms with Crippen molar-refractivity contribution in [2.45, 2.75) is 12.0 Å². The largest absolute Gasteiger partial charge is 0.394 e. The molecular formula is C13H17ClN2O3. The second-order valence-electron chi connectivity index (χ2n) is 4.68. The Balaban J connectivity index is 1.76. The molecule has 1 aromatic rings. The Hall–Kier alpha value is -1.30. The minimum absolute atomic E-state index is 0.0669. The van der Waals surface area contributed by atoms with Crippen LogP contribution in [-0.2, 0) is 0 Å². The van der Waals surface area contributed by atoms with E-state index in [-0.39, 0.29) is 19.2 Å². The summed E-state index contributed by atoms with van der Waals surface area (Å²) >= 11 is 5.82. The van der Waals surface area contributed by atoms with Crippen LogP contribution in [0.1, 0.15) is 11.5 Å². The van der Waals surface area contributed by atoms with Gasteiger partial charge in [-0.3, -0.25) is 0 Å². The van der Waals surface area contributed by atoms with Crippen molar-refractivity contribution in [3.63, 3.8) is 0 Å². The van der Waals surface area contributed by atoms with Crippen molar-refractivity contribution in [3.05, 3.63) is 34.9 Å². The van der Waals surface area contributed by atoms with Gasteiger partial charge in [0.1, 0.15) is 0 Å². The molecule has 2 amide bonds. The molecule has 3 N–H and O–H groups in total. The average Bonchev–Trinajstić information content (AvgIpc) is 2.36. The molecule has 1 aromatic carbocycles. The summed E-state index contributed by atoms with van der Waals surface area (Å²) in [7, 11) is 0. The molecule has 1 atom stereocenters. The monoisotopic (exact) mass is 284 g/mol. The lowest BCUT2D eigenvalue weighted by Gasteiger charge is -2.39. The summed E-state index contributed by atoms with van der Waals surface area (Å²) in [6.45, 7) is 1.02. The molecule has 0 saturated carbocycles. The van der Waals surface area contributed by atoms with Crippen LogP contribution in [0.4, 0.5) is 4.79 Å². The van der Waals surface area contributed by atoms with E-state index in [1.54, 1.807) is 4.90 Å². The van der Waals surface area contributed by atoms with Crippen LogP contribution >= 0.6 is 11.6 Å². The van der Waals surface area contributed by atoms with Crippen molar-refractivity contribution < 1.29 is 15.0 Å². The first-order valence-electron chi connectivity index (χ1n) is 6.17. The van der Waals surface area contributed by atoms with E-state index in [1.807, 2.05) is 24.3 Å². The number of benzene rings is 1. The van der Waals surface area contributed by atoms with Gasteiger partial charge in [0.15, 0.2) is 0 Å². The molecule has 0 bridgehead atoms. The highest BCUT2D eigenvalue weighted by molar-refractivity contribution is 6.30. The SMILES string of the molecule is O=C(NCC(O)CO)N1CC(c2ccc(Cl)cc2)C1. The fourth-order valence-electron chi connectivity index (χ4n) is 1.97. The minimum atomic E-state index is -0.905. The maximum Gasteiger partial charge on any atom is 0.317 e. The summed E-state index contributed by atoms with van der Waals surface area (Å²) in [5.41, 5.74) is 1.17. The van der Waals surface area contributed by atoms with Gasteiger partial charge in [0.25, 0.3) is 0 Å². The number of aliphatic hydroxyl groups is 2. The zero-order valence-corrected chi connectivity index (χ0v) is 11.2. The molecule has 1 heterocycles. The van der Waals surface area contributed by atoms with Crippen molar-refractivity contribution in [1.82, 2.24) is 10.2 Å². The number of nitrogens with zero attached hydrogens (tertiary/aromatic N) is 1. The molecule has 0 aromatic heterocycles. The van der Waals surface area contributed by atoms with Gasteiger partial charge in [-0.1, -0.05) is 23.7 Å². The zero-order valence-electron chi connectivity index (χ0n) is 10.4. The Bertz CT molecular complexity index is 432. The number of hydrogen-bond donors (Lipinski definition) is 3. The quantitative estimate of drug-likeness (QED) is 0.766. The normalized spacial score (nSPS) is 16.9. The van der Waals surface area contributed by atoms with E-state index >= 15 is 0 Å². The molecule has 5 nitrogen and oxygen atoms in total. The Morgan fingerprint density at radius 3 is 2.63 bits per heavy atom. The van der Waals surface area contributed by atoms with Gasteiger partial charge >= 0.3 is 6.03 Å². The number of carbonyl (C=O) groups is 1. The maximum absolute atomic E-state index is 11.7. The van der Waals surface area contributed by atoms with Crippen LogP contribution in [0.15, 0.2) is 24.3 Å². The third-order valence-corrected chi connectivity index (χ3v) is 3.46. The summed E-state index contributed by atoms with van der Waals surface area (Å²) in [4.78, 5) is 13.3. The van der Waals surface area contributed by atoms with Crippen molar-refractivity contribution in [3.8, 4) is 0 Å². The summed E-state index contributed by atoms with van der Waals surface area (Å²) in [5, 5.41) is 21.1. The van der Waals surface area contributed by atoms with Crippen LogP contribution in [0.25, 0.3) is 0 Å². The van der Waals surface area contributed by atoms with Gasteiger partial charge in [-0.05, 0) is 17.7 Å². The Kier molecular flexibility index (Phi) is 4.63. The lowest BCUT2D eigenvalue weighted by molar-refractivity contribution is 0.0908. The van der Waals surface area contributed by atoms with E-state index in [4.69, 9.17) is 21.8 Å². The third kappa shape index (κ3) is 3.59. The average molecular weight is 285 g/mol. The van der Waals surface area contributed by atoms with Gasteiger partial charge in [0, 0.05) is 30.6 Å². The predicted molar refractivity (Wildman–Crippen MR) is 72.3 cm³/mol. The second kappa shape index (κ2) is 6.23. The molecule has 1 saturated heterocycles. The number of urea groups is 1. The molecule has 1 aliphatic heterocycles. The van der Waals surface area contributed by atoms with E-state index in [0.717, 1.165) is 0 Å². The van der Waals surface area contributed by atoms with Gasteiger partial charge in [-0.15, -0.1) is 0 Å². The van der Waals surface area contributed by atoms with Crippen LogP contribution in [0.3, 0.4) is 0 Å². The highest BCUT2D eigenvalue weighted by Gasteiger charge is 2.31. The van der Waals surface area contributed by atoms with Crippen molar-refractivity contribution >= 4 is 17.6 Å². The van der Waals surface area contributed by atoms with Crippen molar-refractivity contribution in [2.24, 2.45) is 0 Å². The Labute approximate surface area is 116 Å². The Morgan fingerprint density at radius 2 is 2.05 bits per heavy atom. The second-order valence-corrected chi connectivity index (χ2v) is 5.11. The molecule has 104 valence electrons. The van der Waals surface area contributed by atoms with Gasteiger partial charge in [-0.2, -0.15) is 0 Å². The fraction of sp³-hybridized carbons (Fsp3) is 0.462. The number of nitrogens with one attached hydrogen (secondary N) is 1. The Morgan fingerprint density at radius 1 is 1.42 bits per heavy atom. The van der Waals surface area contributed by atoms with Gasteiger partial charge in [-0.25, -0.2) is 4.79 Å². The molecule has 0 spiro atoms. The molecular weight excluding hydrogens is 268 g/mol. The summed E-state index contributed by atoms with van der Waals surface area (Å²) in [6.07, 6.45) is -0.905. The maximum atomic E-state index is 11.7. The molecule has 1 aliphatic rings. The molecule has 0 radical (unpaired) electrons. The van der Waals surface area contributed by atoms with Gasteiger partial charge in [0.05, 0.1) is 12.7 Å². The molecule has 0 aliphatic carbocycles. The van der Waals surface area contributed by atoms with Crippen LogP contribution in [0, 0.1) is 0 Å². The molecule has 1 fully saturated rings. The number of rotatable bonds is 4. The van der Waals surface area contributed by atoms with Gasteiger partial charge < -0.3 is 20.4 Å². The lowest BCUT2D eigenvalue weighted by atomic mass is 9.92. The predicted octanol–water partition coefficient (Wildman–Crippen LogP) is 0.802. The first kappa shape index (κ1) is 14.1. The summed E-state index contributed by atoms with van der Waals surface area (Å²) in [6, 6.07) is 7.42. The van der Waals surface area contributed by atoms with Crippen LogP contribution in [-0.4, -0.2) is 53.5 Å². The number of carbonyl (C=O) groups excluding carboxylic acids is 1. The number of aliphatic hydroxyl groups excluding tert-OH is 2. The van der Waals surface area contributed by atoms with Crippen LogP contribution in [0.2, 0.25) is 5.02 Å². The fourth-order valence-corrected chi connectivity index (χ4v) is 2.10. The molecule has 2 rings (SSSR count). The van der Waals surface area contributed by atoms with E-state index in [0.29, 0.717) is 24.0 Å². The highest BCUT2D eigenvalue weighted by Crippen LogP contribution is 2.27. The van der Waals surface area contributed by atoms with E-state index in [2.05, 4.69) is 5.32 Å². The number of amides is 2. The number of likely N-dealkylation sites (tertiary alicyclic amines) is 1. The van der Waals surface area contributed by atoms with E-state index < -0.39 is 6.10 Å². The number of halogens is 1. The minimum Gasteiger partial charge on any atom is -0.394 e. The van der Waals surface area contributed by atoms with Crippen molar-refractivity contribution in [2.75, 3.05) is 26.2 Å². The first-order chi connectivity index (χ1) is 9.10. The number of hydrogen-bond acceptors (Lipinski definition) is 3. The smallest absolute Gasteiger partial charge is 0.317 e. The standard InChI is InChI=1S/C13H17ClN2O3/c14-11-3-1-9(2-4-11)10-6-16(7-10)13(19)15-5-12(18)8-17/h1-4,10,12,17-18H,5-8H2,(H,15,19). The third-order valence-electron chi connectivity index (χ3n) is 3.21. The topological polar surface area (TPSA) is 72.8 Å². The first-order valence-corrected chi connectivity index (χ1v) is 6.55.